The molecular formula is C20H20N2O4. The van der Waals surface area contributed by atoms with Crippen LogP contribution in [0.15, 0.2) is 60.2 Å². The fraction of sp³-hybridized carbons (Fsp3) is 0.150. The van der Waals surface area contributed by atoms with Gasteiger partial charge in [0.15, 0.2) is 5.78 Å². The largest absolute Gasteiger partial charge is 0.497 e. The van der Waals surface area contributed by atoms with Gasteiger partial charge in [0.2, 0.25) is 5.91 Å². The third-order valence-electron chi connectivity index (χ3n) is 3.61. The first-order chi connectivity index (χ1) is 12.4. The van der Waals surface area contributed by atoms with Crippen LogP contribution in [0, 0.1) is 0 Å². The molecule has 2 aromatic carbocycles. The second-order valence-electron chi connectivity index (χ2n) is 5.63. The number of carbonyl (C=O) groups excluding carboxylic acids is 3. The Balaban J connectivity index is 1.96. The summed E-state index contributed by atoms with van der Waals surface area (Å²) in [7, 11) is 1.56. The van der Waals surface area contributed by atoms with E-state index in [1.807, 2.05) is 0 Å². The minimum atomic E-state index is -0.428. The van der Waals surface area contributed by atoms with Crippen molar-refractivity contribution in [2.45, 2.75) is 13.8 Å². The maximum Gasteiger partial charge on any atom is 0.251 e. The van der Waals surface area contributed by atoms with Gasteiger partial charge in [-0.3, -0.25) is 14.4 Å². The predicted octanol–water partition coefficient (Wildman–Crippen LogP) is 3.42. The highest BCUT2D eigenvalue weighted by Crippen LogP contribution is 2.16. The molecule has 26 heavy (non-hydrogen) atoms. The molecule has 0 aromatic heterocycles. The van der Waals surface area contributed by atoms with E-state index in [2.05, 4.69) is 10.6 Å². The topological polar surface area (TPSA) is 84.5 Å². The van der Waals surface area contributed by atoms with Crippen LogP contribution in [0.4, 0.5) is 11.4 Å². The Labute approximate surface area is 151 Å². The summed E-state index contributed by atoms with van der Waals surface area (Å²) in [6, 6.07) is 13.4. The second-order valence-corrected chi connectivity index (χ2v) is 5.63. The third-order valence-corrected chi connectivity index (χ3v) is 3.61. The molecule has 0 radical (unpaired) electrons. The van der Waals surface area contributed by atoms with E-state index in [4.69, 9.17) is 4.74 Å². The summed E-state index contributed by atoms with van der Waals surface area (Å²) >= 11 is 0. The number of benzene rings is 2. The van der Waals surface area contributed by atoms with Crippen molar-refractivity contribution in [1.82, 2.24) is 0 Å². The lowest BCUT2D eigenvalue weighted by Gasteiger charge is -2.07. The fourth-order valence-electron chi connectivity index (χ4n) is 2.13. The van der Waals surface area contributed by atoms with Crippen molar-refractivity contribution >= 4 is 29.0 Å². The Morgan fingerprint density at radius 2 is 1.38 bits per heavy atom. The van der Waals surface area contributed by atoms with Crippen LogP contribution in [0.3, 0.4) is 0 Å². The first-order valence-electron chi connectivity index (χ1n) is 7.94. The highest BCUT2D eigenvalue weighted by Gasteiger charge is 2.08. The number of Topliss-reactive ketones (excluding diaryl/α,β-unsaturated/α-hetero) is 1. The van der Waals surface area contributed by atoms with Gasteiger partial charge < -0.3 is 15.4 Å². The number of hydrogen-bond donors (Lipinski definition) is 2. The molecule has 134 valence electrons. The highest BCUT2D eigenvalue weighted by molar-refractivity contribution is 6.10. The van der Waals surface area contributed by atoms with E-state index in [1.54, 1.807) is 62.6 Å². The van der Waals surface area contributed by atoms with Crippen LogP contribution in [-0.2, 0) is 9.59 Å². The Kier molecular flexibility index (Phi) is 6.27. The lowest BCUT2D eigenvalue weighted by molar-refractivity contribution is -0.114. The fourth-order valence-corrected chi connectivity index (χ4v) is 2.13. The summed E-state index contributed by atoms with van der Waals surface area (Å²) in [5, 5.41) is 5.35. The average Bonchev–Trinajstić information content (AvgIpc) is 2.62. The van der Waals surface area contributed by atoms with Gasteiger partial charge >= 0.3 is 0 Å². The number of amides is 2. The third kappa shape index (κ3) is 5.31. The minimum absolute atomic E-state index is 0.0474. The van der Waals surface area contributed by atoms with Gasteiger partial charge in [-0.2, -0.15) is 0 Å². The Morgan fingerprint density at radius 3 is 1.92 bits per heavy atom. The summed E-state index contributed by atoms with van der Waals surface area (Å²) in [5.41, 5.74) is 1.97. The molecule has 2 rings (SSSR count). The lowest BCUT2D eigenvalue weighted by Crippen LogP contribution is -2.16. The van der Waals surface area contributed by atoms with E-state index in [1.165, 1.54) is 13.0 Å². The van der Waals surface area contributed by atoms with Gasteiger partial charge in [-0.15, -0.1) is 0 Å². The first-order valence-corrected chi connectivity index (χ1v) is 7.94. The first kappa shape index (κ1) is 18.9. The summed E-state index contributed by atoms with van der Waals surface area (Å²) < 4.78 is 5.06. The number of rotatable bonds is 6. The molecule has 2 N–H and O–H groups in total. The van der Waals surface area contributed by atoms with E-state index < -0.39 is 5.91 Å². The molecule has 0 spiro atoms. The van der Waals surface area contributed by atoms with Crippen LogP contribution in [-0.4, -0.2) is 24.7 Å². The highest BCUT2D eigenvalue weighted by atomic mass is 16.5. The number of ether oxygens (including phenoxy) is 1. The summed E-state index contributed by atoms with van der Waals surface area (Å²) in [6.07, 6.45) is 1.22. The summed E-state index contributed by atoms with van der Waals surface area (Å²) in [5.74, 6) is -0.167. The molecule has 0 heterocycles. The number of ketones is 1. The van der Waals surface area contributed by atoms with Gasteiger partial charge in [-0.25, -0.2) is 0 Å². The molecule has 0 aliphatic heterocycles. The SMILES string of the molecule is COc1ccc(NC(=O)/C(C)=C\C(=O)Nc2ccc(C(C)=O)cc2)cc1. The van der Waals surface area contributed by atoms with Gasteiger partial charge in [-0.1, -0.05) is 0 Å². The molecule has 0 bridgehead atoms. The smallest absolute Gasteiger partial charge is 0.251 e. The summed E-state index contributed by atoms with van der Waals surface area (Å²) in [6.45, 7) is 3.03. The van der Waals surface area contributed by atoms with Crippen molar-refractivity contribution in [2.24, 2.45) is 0 Å². The van der Waals surface area contributed by atoms with Crippen LogP contribution < -0.4 is 15.4 Å². The van der Waals surface area contributed by atoms with Gasteiger partial charge in [0.25, 0.3) is 5.91 Å². The maximum absolute atomic E-state index is 12.1. The molecule has 0 aliphatic rings. The van der Waals surface area contributed by atoms with E-state index >= 15 is 0 Å². The average molecular weight is 352 g/mol. The normalized spacial score (nSPS) is 10.8. The van der Waals surface area contributed by atoms with E-state index in [0.717, 1.165) is 0 Å². The maximum atomic E-state index is 12.1. The van der Waals surface area contributed by atoms with Crippen molar-refractivity contribution in [1.29, 1.82) is 0 Å². The van der Waals surface area contributed by atoms with E-state index in [0.29, 0.717) is 22.7 Å². The zero-order valence-electron chi connectivity index (χ0n) is 14.8. The van der Waals surface area contributed by atoms with E-state index in [-0.39, 0.29) is 17.3 Å². The van der Waals surface area contributed by atoms with E-state index in [9.17, 15) is 14.4 Å². The number of methoxy groups -OCH3 is 1. The minimum Gasteiger partial charge on any atom is -0.497 e. The zero-order chi connectivity index (χ0) is 19.1. The Bertz CT molecular complexity index is 837. The van der Waals surface area contributed by atoms with Crippen LogP contribution in [0.5, 0.6) is 5.75 Å². The number of anilines is 2. The van der Waals surface area contributed by atoms with Crippen LogP contribution in [0.1, 0.15) is 24.2 Å². The van der Waals surface area contributed by atoms with Crippen molar-refractivity contribution in [3.05, 3.63) is 65.7 Å². The van der Waals surface area contributed by atoms with Crippen LogP contribution >= 0.6 is 0 Å². The molecule has 2 amide bonds. The van der Waals surface area contributed by atoms with Crippen LogP contribution in [0.2, 0.25) is 0 Å². The molecule has 6 heteroatoms. The molecule has 0 fully saturated rings. The molecule has 6 nitrogen and oxygen atoms in total. The number of nitrogens with one attached hydrogen (secondary N) is 2. The molecule has 2 aromatic rings. The van der Waals surface area contributed by atoms with Crippen molar-refractivity contribution < 1.29 is 19.1 Å². The zero-order valence-corrected chi connectivity index (χ0v) is 14.8. The monoisotopic (exact) mass is 352 g/mol. The predicted molar refractivity (Wildman–Crippen MR) is 100 cm³/mol. The quantitative estimate of drug-likeness (QED) is 0.616. The lowest BCUT2D eigenvalue weighted by atomic mass is 10.1. The molecule has 0 saturated carbocycles. The molecule has 0 atom stereocenters. The standard InChI is InChI=1S/C20H20N2O4/c1-13(20(25)22-17-8-10-18(26-3)11-9-17)12-19(24)21-16-6-4-15(5-7-16)14(2)23/h4-12H,1-3H3,(H,21,24)(H,22,25)/b13-12-. The Morgan fingerprint density at radius 1 is 0.846 bits per heavy atom. The van der Waals surface area contributed by atoms with Gasteiger partial charge in [0.05, 0.1) is 7.11 Å². The summed E-state index contributed by atoms with van der Waals surface area (Å²) in [4.78, 5) is 35.4. The Hall–Kier alpha value is -3.41. The molecule has 0 unspecified atom stereocenters. The molecular weight excluding hydrogens is 332 g/mol. The molecule has 0 saturated heterocycles. The number of hydrogen-bond acceptors (Lipinski definition) is 4. The number of carbonyl (C=O) groups is 3. The van der Waals surface area contributed by atoms with Gasteiger partial charge in [0, 0.05) is 28.6 Å². The second kappa shape index (κ2) is 8.62. The molecule has 0 aliphatic carbocycles. The van der Waals surface area contributed by atoms with Crippen molar-refractivity contribution in [3.63, 3.8) is 0 Å². The van der Waals surface area contributed by atoms with Gasteiger partial charge in [-0.05, 0) is 62.4 Å². The van der Waals surface area contributed by atoms with Crippen LogP contribution in [0.25, 0.3) is 0 Å². The van der Waals surface area contributed by atoms with Crippen molar-refractivity contribution in [3.8, 4) is 5.75 Å². The van der Waals surface area contributed by atoms with Gasteiger partial charge in [0.1, 0.15) is 5.75 Å². The van der Waals surface area contributed by atoms with Crippen molar-refractivity contribution in [2.75, 3.05) is 17.7 Å².